The van der Waals surface area contributed by atoms with Gasteiger partial charge in [0.05, 0.1) is 12.1 Å². The number of carbonyl (C=O) groups excluding carboxylic acids is 1. The summed E-state index contributed by atoms with van der Waals surface area (Å²) in [6.07, 6.45) is 4.10. The number of carbonyl (C=O) groups is 1. The van der Waals surface area contributed by atoms with Gasteiger partial charge in [0, 0.05) is 28.4 Å². The summed E-state index contributed by atoms with van der Waals surface area (Å²) in [6, 6.07) is 10.8. The Labute approximate surface area is 171 Å². The van der Waals surface area contributed by atoms with Crippen molar-refractivity contribution >= 4 is 17.2 Å². The molecule has 2 aromatic rings. The van der Waals surface area contributed by atoms with Crippen LogP contribution in [0.25, 0.3) is 0 Å². The number of hydrogen-bond donors (Lipinski definition) is 1. The van der Waals surface area contributed by atoms with Gasteiger partial charge in [0.25, 0.3) is 5.91 Å². The number of ether oxygens (including phenoxy) is 1. The van der Waals surface area contributed by atoms with E-state index in [1.807, 2.05) is 29.5 Å². The first-order chi connectivity index (χ1) is 13.5. The molecule has 4 nitrogen and oxygen atoms in total. The van der Waals surface area contributed by atoms with Crippen molar-refractivity contribution in [3.63, 3.8) is 0 Å². The van der Waals surface area contributed by atoms with E-state index in [1.54, 1.807) is 11.3 Å². The van der Waals surface area contributed by atoms with Gasteiger partial charge in [0.1, 0.15) is 11.4 Å². The van der Waals surface area contributed by atoms with E-state index in [4.69, 9.17) is 4.74 Å². The molecule has 1 fully saturated rings. The highest BCUT2D eigenvalue weighted by molar-refractivity contribution is 7.10. The van der Waals surface area contributed by atoms with E-state index in [9.17, 15) is 4.79 Å². The van der Waals surface area contributed by atoms with Crippen LogP contribution in [0.4, 0.5) is 0 Å². The Balaban J connectivity index is 1.64. The molecule has 4 rings (SSSR count). The van der Waals surface area contributed by atoms with E-state index in [2.05, 4.69) is 37.4 Å². The largest absolute Gasteiger partial charge is 0.485 e. The minimum atomic E-state index is -0.285. The van der Waals surface area contributed by atoms with Crippen molar-refractivity contribution in [2.45, 2.75) is 63.6 Å². The predicted molar refractivity (Wildman–Crippen MR) is 114 cm³/mol. The maximum absolute atomic E-state index is 13.4. The second kappa shape index (κ2) is 7.88. The maximum atomic E-state index is 13.4. The molecule has 0 radical (unpaired) electrons. The molecule has 1 aliphatic carbocycles. The van der Waals surface area contributed by atoms with Crippen LogP contribution in [0.5, 0.6) is 5.75 Å². The van der Waals surface area contributed by atoms with Crippen LogP contribution in [0.1, 0.15) is 66.2 Å². The average molecular weight is 399 g/mol. The van der Waals surface area contributed by atoms with E-state index in [0.717, 1.165) is 42.6 Å². The summed E-state index contributed by atoms with van der Waals surface area (Å²) in [5.41, 5.74) is 1.63. The van der Waals surface area contributed by atoms with Gasteiger partial charge in [0.2, 0.25) is 0 Å². The Hall–Kier alpha value is -1.85. The van der Waals surface area contributed by atoms with Crippen molar-refractivity contribution in [3.8, 4) is 5.75 Å². The number of fused-ring (bicyclic) bond motifs is 1. The van der Waals surface area contributed by atoms with Crippen LogP contribution in [0.3, 0.4) is 0 Å². The Morgan fingerprint density at radius 2 is 2.04 bits per heavy atom. The Morgan fingerprint density at radius 1 is 1.29 bits per heavy atom. The minimum absolute atomic E-state index is 0.124. The summed E-state index contributed by atoms with van der Waals surface area (Å²) in [5.74, 6) is 1.51. The fourth-order valence-corrected chi connectivity index (χ4v) is 5.29. The lowest BCUT2D eigenvalue weighted by Gasteiger charge is -2.41. The number of benzene rings is 1. The highest BCUT2D eigenvalue weighted by Crippen LogP contribution is 2.39. The summed E-state index contributed by atoms with van der Waals surface area (Å²) in [5, 5.41) is 5.41. The van der Waals surface area contributed by atoms with Crippen LogP contribution < -0.4 is 10.1 Å². The van der Waals surface area contributed by atoms with Crippen molar-refractivity contribution in [2.24, 2.45) is 0 Å². The predicted octanol–water partition coefficient (Wildman–Crippen LogP) is 4.81. The number of hydrogen-bond acceptors (Lipinski definition) is 4. The standard InChI is InChI=1S/C23H30N2O2S/c1-16(2)21-12-18(14-28-21)22(26)25-13-17-6-4-5-7-20(17)27-23(15-25)10-8-19(24-3)9-11-23/h4-7,12,14,16,19,24H,8-11,13,15H2,1-3H3. The summed E-state index contributed by atoms with van der Waals surface area (Å²) < 4.78 is 6.62. The van der Waals surface area contributed by atoms with Crippen molar-refractivity contribution in [1.82, 2.24) is 10.2 Å². The third kappa shape index (κ3) is 3.83. The van der Waals surface area contributed by atoms with Gasteiger partial charge in [-0.05, 0) is 50.8 Å². The van der Waals surface area contributed by atoms with Gasteiger partial charge in [-0.1, -0.05) is 32.0 Å². The zero-order valence-corrected chi connectivity index (χ0v) is 17.8. The van der Waals surface area contributed by atoms with Gasteiger partial charge in [0.15, 0.2) is 0 Å². The molecular weight excluding hydrogens is 368 g/mol. The van der Waals surface area contributed by atoms with E-state index in [0.29, 0.717) is 25.0 Å². The second-order valence-electron chi connectivity index (χ2n) is 8.51. The number of nitrogens with one attached hydrogen (secondary N) is 1. The lowest BCUT2D eigenvalue weighted by molar-refractivity contribution is 0.000446. The van der Waals surface area contributed by atoms with Gasteiger partial charge >= 0.3 is 0 Å². The Bertz CT molecular complexity index is 837. The van der Waals surface area contributed by atoms with Crippen molar-refractivity contribution in [2.75, 3.05) is 13.6 Å². The molecule has 2 heterocycles. The van der Waals surface area contributed by atoms with Gasteiger partial charge in [-0.15, -0.1) is 11.3 Å². The molecule has 1 aromatic heterocycles. The number of nitrogens with zero attached hydrogens (tertiary/aromatic N) is 1. The quantitative estimate of drug-likeness (QED) is 0.807. The molecule has 1 saturated carbocycles. The maximum Gasteiger partial charge on any atom is 0.255 e. The van der Waals surface area contributed by atoms with Gasteiger partial charge in [-0.25, -0.2) is 0 Å². The molecule has 2 aliphatic rings. The summed E-state index contributed by atoms with van der Waals surface area (Å²) in [6.45, 7) is 5.61. The molecular formula is C23H30N2O2S. The van der Waals surface area contributed by atoms with E-state index < -0.39 is 0 Å². The number of rotatable bonds is 3. The number of amides is 1. The Kier molecular flexibility index (Phi) is 5.48. The molecule has 0 bridgehead atoms. The zero-order valence-electron chi connectivity index (χ0n) is 17.0. The fraction of sp³-hybridized carbons (Fsp3) is 0.522. The van der Waals surface area contributed by atoms with Crippen LogP contribution in [0.2, 0.25) is 0 Å². The fourth-order valence-electron chi connectivity index (χ4n) is 4.40. The number of thiophene rings is 1. The molecule has 5 heteroatoms. The first-order valence-corrected chi connectivity index (χ1v) is 11.2. The third-order valence-electron chi connectivity index (χ3n) is 6.17. The lowest BCUT2D eigenvalue weighted by Crippen LogP contribution is -2.51. The van der Waals surface area contributed by atoms with Gasteiger partial charge in [-0.3, -0.25) is 4.79 Å². The summed E-state index contributed by atoms with van der Waals surface area (Å²) in [7, 11) is 2.03. The molecule has 1 spiro atoms. The van der Waals surface area contributed by atoms with Crippen LogP contribution in [0, 0.1) is 0 Å². The topological polar surface area (TPSA) is 41.6 Å². The molecule has 0 saturated heterocycles. The first kappa shape index (κ1) is 19.5. The Morgan fingerprint density at radius 3 is 2.71 bits per heavy atom. The van der Waals surface area contributed by atoms with E-state index >= 15 is 0 Å². The van der Waals surface area contributed by atoms with Crippen molar-refractivity contribution in [3.05, 3.63) is 51.7 Å². The second-order valence-corrected chi connectivity index (χ2v) is 9.45. The smallest absolute Gasteiger partial charge is 0.255 e. The van der Waals surface area contributed by atoms with Crippen LogP contribution in [0.15, 0.2) is 35.7 Å². The first-order valence-electron chi connectivity index (χ1n) is 10.3. The molecule has 1 amide bonds. The van der Waals surface area contributed by atoms with Gasteiger partial charge < -0.3 is 15.0 Å². The molecule has 150 valence electrons. The monoisotopic (exact) mass is 398 g/mol. The normalized spacial score (nSPS) is 24.7. The third-order valence-corrected chi connectivity index (χ3v) is 7.40. The average Bonchev–Trinajstić information content (AvgIpc) is 3.13. The number of para-hydroxylation sites is 1. The summed E-state index contributed by atoms with van der Waals surface area (Å²) in [4.78, 5) is 16.7. The van der Waals surface area contributed by atoms with Gasteiger partial charge in [-0.2, -0.15) is 0 Å². The SMILES string of the molecule is CNC1CCC2(CC1)CN(C(=O)c1csc(C(C)C)c1)Cc1ccccc1O2. The van der Waals surface area contributed by atoms with Crippen molar-refractivity contribution in [1.29, 1.82) is 0 Å². The lowest BCUT2D eigenvalue weighted by atomic mass is 9.81. The van der Waals surface area contributed by atoms with Crippen molar-refractivity contribution < 1.29 is 9.53 Å². The van der Waals surface area contributed by atoms with E-state index in [-0.39, 0.29) is 11.5 Å². The highest BCUT2D eigenvalue weighted by Gasteiger charge is 2.42. The molecule has 0 unspecified atom stereocenters. The van der Waals surface area contributed by atoms with Crippen LogP contribution in [-0.2, 0) is 6.54 Å². The molecule has 1 aliphatic heterocycles. The minimum Gasteiger partial charge on any atom is -0.485 e. The van der Waals surface area contributed by atoms with Crippen LogP contribution in [-0.4, -0.2) is 36.0 Å². The molecule has 0 atom stereocenters. The summed E-state index contributed by atoms with van der Waals surface area (Å²) >= 11 is 1.68. The molecule has 28 heavy (non-hydrogen) atoms. The molecule has 1 N–H and O–H groups in total. The van der Waals surface area contributed by atoms with Crippen LogP contribution >= 0.6 is 11.3 Å². The molecule has 1 aromatic carbocycles. The van der Waals surface area contributed by atoms with E-state index in [1.165, 1.54) is 4.88 Å². The zero-order chi connectivity index (χ0) is 19.7. The highest BCUT2D eigenvalue weighted by atomic mass is 32.1.